The predicted molar refractivity (Wildman–Crippen MR) is 244 cm³/mol. The van der Waals surface area contributed by atoms with Crippen LogP contribution < -0.4 is 0 Å². The summed E-state index contributed by atoms with van der Waals surface area (Å²) in [6.07, 6.45) is -8.96. The first-order chi connectivity index (χ1) is 31.9. The minimum Gasteiger partial charge on any atom is -0.208 e. The van der Waals surface area contributed by atoms with Crippen molar-refractivity contribution in [2.45, 2.75) is 12.4 Å². The standard InChI is InChI=1S/C54H32F6N6/c55-53(56,57)43-25-20-35(21-26-43)49-61-47(33-10-3-1-4-11-33)63-51(65-49)41-17-7-14-37(31-41)38-24-29-46-39(30-38)16-9-19-45(46)40-15-8-18-42(32-40)52-64-48(34-12-5-2-6-13-34)62-50(66-52)36-22-27-44(28-23-36)54(58,59)60/h1-32H. The Kier molecular flexibility index (Phi) is 10.7. The Hall–Kier alpha value is -8.38. The third-order valence-electron chi connectivity index (χ3n) is 11.0. The minimum atomic E-state index is -4.48. The summed E-state index contributed by atoms with van der Waals surface area (Å²) in [5.41, 5.74) is 5.86. The highest BCUT2D eigenvalue weighted by Gasteiger charge is 2.31. The van der Waals surface area contributed by atoms with E-state index in [-0.39, 0.29) is 11.6 Å². The van der Waals surface area contributed by atoms with Gasteiger partial charge in [-0.05, 0) is 75.5 Å². The van der Waals surface area contributed by atoms with Gasteiger partial charge in [0.05, 0.1) is 11.1 Å². The van der Waals surface area contributed by atoms with Crippen LogP contribution in [0.2, 0.25) is 0 Å². The molecular weight excluding hydrogens is 847 g/mol. The van der Waals surface area contributed by atoms with E-state index in [2.05, 4.69) is 22.1 Å². The van der Waals surface area contributed by atoms with Gasteiger partial charge in [0, 0.05) is 33.4 Å². The Morgan fingerprint density at radius 3 is 1.05 bits per heavy atom. The molecule has 0 atom stereocenters. The topological polar surface area (TPSA) is 77.3 Å². The van der Waals surface area contributed by atoms with E-state index in [1.807, 2.05) is 133 Å². The van der Waals surface area contributed by atoms with Crippen LogP contribution in [0, 0.1) is 0 Å². The van der Waals surface area contributed by atoms with Crippen molar-refractivity contribution in [2.75, 3.05) is 0 Å². The molecule has 0 unspecified atom stereocenters. The second-order valence-corrected chi connectivity index (χ2v) is 15.4. The molecule has 12 heteroatoms. The highest BCUT2D eigenvalue weighted by molar-refractivity contribution is 5.99. The Bertz CT molecular complexity index is 3380. The summed E-state index contributed by atoms with van der Waals surface area (Å²) in [7, 11) is 0. The van der Waals surface area contributed by atoms with Crippen molar-refractivity contribution >= 4 is 10.8 Å². The van der Waals surface area contributed by atoms with Crippen molar-refractivity contribution in [1.29, 1.82) is 0 Å². The zero-order valence-electron chi connectivity index (χ0n) is 34.4. The minimum absolute atomic E-state index is 0.242. The van der Waals surface area contributed by atoms with E-state index in [0.717, 1.165) is 68.4 Å². The van der Waals surface area contributed by atoms with Gasteiger partial charge in [0.25, 0.3) is 0 Å². The molecule has 0 fully saturated rings. The van der Waals surface area contributed by atoms with Crippen LogP contribution in [0.1, 0.15) is 11.1 Å². The molecule has 0 aliphatic heterocycles. The van der Waals surface area contributed by atoms with Gasteiger partial charge in [0.2, 0.25) is 0 Å². The van der Waals surface area contributed by atoms with E-state index in [4.69, 9.17) is 19.9 Å². The van der Waals surface area contributed by atoms with Crippen molar-refractivity contribution in [3.8, 4) is 90.6 Å². The summed E-state index contributed by atoms with van der Waals surface area (Å²) >= 11 is 0. The molecule has 0 N–H and O–H groups in total. The second-order valence-electron chi connectivity index (χ2n) is 15.4. The van der Waals surface area contributed by atoms with Gasteiger partial charge in [-0.3, -0.25) is 0 Å². The van der Waals surface area contributed by atoms with Crippen LogP contribution in [0.3, 0.4) is 0 Å². The van der Waals surface area contributed by atoms with Gasteiger partial charge in [-0.1, -0.05) is 152 Å². The van der Waals surface area contributed by atoms with Gasteiger partial charge >= 0.3 is 12.4 Å². The molecule has 2 aromatic heterocycles. The summed E-state index contributed by atoms with van der Waals surface area (Å²) in [5.74, 6) is 1.98. The van der Waals surface area contributed by atoms with Crippen molar-refractivity contribution in [3.05, 3.63) is 205 Å². The van der Waals surface area contributed by atoms with E-state index in [1.165, 1.54) is 24.3 Å². The maximum Gasteiger partial charge on any atom is 0.416 e. The highest BCUT2D eigenvalue weighted by atomic mass is 19.4. The molecule has 6 nitrogen and oxygen atoms in total. The molecule has 10 aromatic rings. The van der Waals surface area contributed by atoms with Crippen LogP contribution in [0.4, 0.5) is 26.3 Å². The van der Waals surface area contributed by atoms with Gasteiger partial charge in [-0.15, -0.1) is 0 Å². The van der Waals surface area contributed by atoms with Crippen molar-refractivity contribution in [1.82, 2.24) is 29.9 Å². The molecule has 320 valence electrons. The fourth-order valence-corrected chi connectivity index (χ4v) is 7.70. The van der Waals surface area contributed by atoms with Crippen molar-refractivity contribution in [3.63, 3.8) is 0 Å². The molecule has 2 heterocycles. The predicted octanol–water partition coefficient (Wildman–Crippen LogP) is 14.6. The zero-order chi connectivity index (χ0) is 45.4. The fourth-order valence-electron chi connectivity index (χ4n) is 7.70. The van der Waals surface area contributed by atoms with Crippen LogP contribution in [0.15, 0.2) is 194 Å². The Balaban J connectivity index is 0.996. The summed E-state index contributed by atoms with van der Waals surface area (Å²) < 4.78 is 80.5. The summed E-state index contributed by atoms with van der Waals surface area (Å²) in [5, 5.41) is 1.97. The second kappa shape index (κ2) is 17.0. The van der Waals surface area contributed by atoms with E-state index < -0.39 is 23.5 Å². The molecule has 0 aliphatic rings. The maximum atomic E-state index is 13.4. The van der Waals surface area contributed by atoms with E-state index >= 15 is 0 Å². The molecule has 10 rings (SSSR count). The summed E-state index contributed by atoms with van der Waals surface area (Å²) in [6, 6.07) is 56.0. The number of halogens is 6. The molecule has 0 saturated heterocycles. The number of nitrogens with zero attached hydrogens (tertiary/aromatic N) is 6. The monoisotopic (exact) mass is 878 g/mol. The molecular formula is C54H32F6N6. The van der Waals surface area contributed by atoms with E-state index in [0.29, 0.717) is 45.6 Å². The maximum absolute atomic E-state index is 13.4. The van der Waals surface area contributed by atoms with Crippen LogP contribution in [0.25, 0.3) is 101 Å². The molecule has 0 amide bonds. The fraction of sp³-hybridized carbons (Fsp3) is 0.0370. The Morgan fingerprint density at radius 2 is 0.591 bits per heavy atom. The molecule has 66 heavy (non-hydrogen) atoms. The SMILES string of the molecule is FC(F)(F)c1ccc(-c2nc(-c3ccccc3)nc(-c3cccc(-c4ccc5c(-c6cccc(-c7nc(-c8ccccc8)nc(-c8ccc(C(F)(F)F)cc8)n7)c6)cccc5c4)c3)n2)cc1. The number of alkyl halides is 6. The normalized spacial score (nSPS) is 11.8. The lowest BCUT2D eigenvalue weighted by Crippen LogP contribution is -2.05. The number of hydrogen-bond acceptors (Lipinski definition) is 6. The van der Waals surface area contributed by atoms with Crippen molar-refractivity contribution < 1.29 is 26.3 Å². The molecule has 8 aromatic carbocycles. The van der Waals surface area contributed by atoms with Crippen LogP contribution in [-0.2, 0) is 12.4 Å². The molecule has 0 bridgehead atoms. The highest BCUT2D eigenvalue weighted by Crippen LogP contribution is 2.37. The first kappa shape index (κ1) is 41.6. The number of hydrogen-bond donors (Lipinski definition) is 0. The third kappa shape index (κ3) is 8.64. The zero-order valence-corrected chi connectivity index (χ0v) is 34.4. The van der Waals surface area contributed by atoms with E-state index in [9.17, 15) is 26.3 Å². The number of benzene rings is 8. The van der Waals surface area contributed by atoms with Gasteiger partial charge < -0.3 is 0 Å². The largest absolute Gasteiger partial charge is 0.416 e. The quantitative estimate of drug-likeness (QED) is 0.142. The van der Waals surface area contributed by atoms with Crippen LogP contribution >= 0.6 is 0 Å². The van der Waals surface area contributed by atoms with Crippen LogP contribution in [-0.4, -0.2) is 29.9 Å². The van der Waals surface area contributed by atoms with Crippen LogP contribution in [0.5, 0.6) is 0 Å². The van der Waals surface area contributed by atoms with Gasteiger partial charge in [0.1, 0.15) is 0 Å². The lowest BCUT2D eigenvalue weighted by molar-refractivity contribution is -0.138. The van der Waals surface area contributed by atoms with Gasteiger partial charge in [-0.25, -0.2) is 29.9 Å². The Morgan fingerprint density at radius 1 is 0.258 bits per heavy atom. The van der Waals surface area contributed by atoms with E-state index in [1.54, 1.807) is 0 Å². The first-order valence-corrected chi connectivity index (χ1v) is 20.7. The van der Waals surface area contributed by atoms with Gasteiger partial charge in [0.15, 0.2) is 34.9 Å². The Labute approximate surface area is 374 Å². The first-order valence-electron chi connectivity index (χ1n) is 20.7. The summed E-state index contributed by atoms with van der Waals surface area (Å²) in [4.78, 5) is 28.5. The molecule has 0 radical (unpaired) electrons. The molecule has 0 saturated carbocycles. The molecule has 0 aliphatic carbocycles. The number of aromatic nitrogens is 6. The van der Waals surface area contributed by atoms with Crippen molar-refractivity contribution in [2.24, 2.45) is 0 Å². The molecule has 0 spiro atoms. The lowest BCUT2D eigenvalue weighted by atomic mass is 9.94. The average molecular weight is 879 g/mol. The number of fused-ring (bicyclic) bond motifs is 1. The lowest BCUT2D eigenvalue weighted by Gasteiger charge is -2.12. The summed E-state index contributed by atoms with van der Waals surface area (Å²) in [6.45, 7) is 0. The third-order valence-corrected chi connectivity index (χ3v) is 11.0. The number of rotatable bonds is 8. The average Bonchev–Trinajstić information content (AvgIpc) is 3.36. The van der Waals surface area contributed by atoms with Gasteiger partial charge in [-0.2, -0.15) is 26.3 Å². The smallest absolute Gasteiger partial charge is 0.208 e.